The summed E-state index contributed by atoms with van der Waals surface area (Å²) in [6, 6.07) is 11.5. The van der Waals surface area contributed by atoms with Gasteiger partial charge in [0.05, 0.1) is 0 Å². The maximum Gasteiger partial charge on any atom is 0.193 e. The lowest BCUT2D eigenvalue weighted by Crippen LogP contribution is -2.07. The molecule has 0 aromatic heterocycles. The van der Waals surface area contributed by atoms with E-state index >= 15 is 0 Å². The van der Waals surface area contributed by atoms with Crippen LogP contribution in [0.1, 0.15) is 60.4 Å². The van der Waals surface area contributed by atoms with Crippen LogP contribution in [0.5, 0.6) is 0 Å². The number of benzene rings is 3. The Kier molecular flexibility index (Phi) is 5.85. The summed E-state index contributed by atoms with van der Waals surface area (Å²) in [6.07, 6.45) is 5.52. The zero-order valence-corrected chi connectivity index (χ0v) is 18.9. The molecule has 0 heterocycles. The minimum Gasteiger partial charge on any atom is -0.355 e. The molecular formula is C28H29NO. The van der Waals surface area contributed by atoms with Crippen molar-refractivity contribution in [3.05, 3.63) is 92.0 Å². The molecule has 1 N–H and O–H groups in total. The van der Waals surface area contributed by atoms with Gasteiger partial charge in [0.1, 0.15) is 0 Å². The van der Waals surface area contributed by atoms with Gasteiger partial charge in [-0.15, -0.1) is 6.42 Å². The first-order valence-electron chi connectivity index (χ1n) is 10.2. The van der Waals surface area contributed by atoms with Crippen LogP contribution in [0.3, 0.4) is 0 Å². The number of carbonyl (C=O) groups is 1. The second-order valence-corrected chi connectivity index (χ2v) is 8.16. The third-order valence-electron chi connectivity index (χ3n) is 6.39. The molecule has 2 heteroatoms. The third kappa shape index (κ3) is 3.76. The molecule has 3 aromatic carbocycles. The number of aryl methyl sites for hydroxylation is 2. The largest absolute Gasteiger partial charge is 0.355 e. The van der Waals surface area contributed by atoms with Gasteiger partial charge >= 0.3 is 0 Å². The first kappa shape index (κ1) is 21.4. The molecule has 2 nitrogen and oxygen atoms in total. The van der Waals surface area contributed by atoms with Crippen LogP contribution in [0.25, 0.3) is 0 Å². The molecule has 0 unspecified atom stereocenters. The Hall–Kier alpha value is -3.31. The predicted octanol–water partition coefficient (Wildman–Crippen LogP) is 6.80. The number of ketones is 1. The number of hydrogen-bond acceptors (Lipinski definition) is 2. The number of carbonyl (C=O) groups excluding carboxylic acids is 1. The second kappa shape index (κ2) is 8.20. The van der Waals surface area contributed by atoms with Crippen molar-refractivity contribution in [2.75, 3.05) is 5.32 Å². The number of hydrogen-bond donors (Lipinski definition) is 1. The highest BCUT2D eigenvalue weighted by molar-refractivity contribution is 6.11. The van der Waals surface area contributed by atoms with Crippen molar-refractivity contribution in [2.45, 2.75) is 48.5 Å². The van der Waals surface area contributed by atoms with Gasteiger partial charge in [-0.05, 0) is 118 Å². The quantitative estimate of drug-likeness (QED) is 0.389. The molecular weight excluding hydrogens is 366 g/mol. The molecule has 0 saturated heterocycles. The van der Waals surface area contributed by atoms with Crippen molar-refractivity contribution in [3.8, 4) is 12.3 Å². The Morgan fingerprint density at radius 3 is 1.90 bits per heavy atom. The topological polar surface area (TPSA) is 29.1 Å². The van der Waals surface area contributed by atoms with Gasteiger partial charge < -0.3 is 5.32 Å². The highest BCUT2D eigenvalue weighted by Crippen LogP contribution is 2.33. The summed E-state index contributed by atoms with van der Waals surface area (Å²) in [7, 11) is 0. The molecule has 0 radical (unpaired) electrons. The summed E-state index contributed by atoms with van der Waals surface area (Å²) in [5.74, 6) is 2.62. The fraction of sp³-hybridized carbons (Fsp3) is 0.250. The zero-order chi connectivity index (χ0) is 22.2. The number of nitrogens with one attached hydrogen (secondary N) is 1. The Bertz CT molecular complexity index is 1180. The highest BCUT2D eigenvalue weighted by Gasteiger charge is 2.16. The molecule has 0 spiro atoms. The minimum absolute atomic E-state index is 0.00281. The van der Waals surface area contributed by atoms with Crippen molar-refractivity contribution in [1.82, 2.24) is 0 Å². The summed E-state index contributed by atoms with van der Waals surface area (Å²) in [5, 5.41) is 3.59. The van der Waals surface area contributed by atoms with E-state index in [1.165, 1.54) is 27.8 Å². The Balaban J connectivity index is 1.98. The first-order chi connectivity index (χ1) is 14.1. The van der Waals surface area contributed by atoms with Crippen molar-refractivity contribution < 1.29 is 4.79 Å². The van der Waals surface area contributed by atoms with Crippen LogP contribution >= 0.6 is 0 Å². The predicted molar refractivity (Wildman–Crippen MR) is 127 cm³/mol. The van der Waals surface area contributed by atoms with Crippen molar-refractivity contribution in [3.63, 3.8) is 0 Å². The van der Waals surface area contributed by atoms with E-state index in [0.717, 1.165) is 28.1 Å². The monoisotopic (exact) mass is 395 g/mol. The second-order valence-electron chi connectivity index (χ2n) is 8.16. The molecule has 0 aliphatic carbocycles. The van der Waals surface area contributed by atoms with Gasteiger partial charge in [-0.3, -0.25) is 4.79 Å². The summed E-state index contributed by atoms with van der Waals surface area (Å²) in [4.78, 5) is 13.2. The molecule has 152 valence electrons. The normalized spacial score (nSPS) is 10.6. The van der Waals surface area contributed by atoms with Crippen molar-refractivity contribution >= 4 is 17.2 Å². The third-order valence-corrected chi connectivity index (χ3v) is 6.39. The Morgan fingerprint density at radius 1 is 0.733 bits per heavy atom. The average molecular weight is 396 g/mol. The lowest BCUT2D eigenvalue weighted by molar-refractivity contribution is 0.103. The molecule has 0 bridgehead atoms. The molecule has 0 aliphatic heterocycles. The molecule has 0 saturated carbocycles. The van der Waals surface area contributed by atoms with Crippen molar-refractivity contribution in [1.29, 1.82) is 0 Å². The molecule has 0 fully saturated rings. The van der Waals surface area contributed by atoms with E-state index < -0.39 is 0 Å². The lowest BCUT2D eigenvalue weighted by atomic mass is 9.92. The number of anilines is 2. The van der Waals surface area contributed by atoms with Gasteiger partial charge in [0, 0.05) is 28.1 Å². The molecule has 3 rings (SSSR count). The van der Waals surface area contributed by atoms with E-state index in [9.17, 15) is 4.79 Å². The highest BCUT2D eigenvalue weighted by atomic mass is 16.1. The number of rotatable bonds is 4. The van der Waals surface area contributed by atoms with Crippen LogP contribution in [-0.4, -0.2) is 5.78 Å². The maximum absolute atomic E-state index is 13.2. The summed E-state index contributed by atoms with van der Waals surface area (Å²) in [5.41, 5.74) is 12.6. The van der Waals surface area contributed by atoms with Gasteiger partial charge in [-0.1, -0.05) is 12.0 Å². The Morgan fingerprint density at radius 2 is 1.33 bits per heavy atom. The van der Waals surface area contributed by atoms with E-state index in [1.54, 1.807) is 6.07 Å². The molecule has 0 amide bonds. The standard InChI is InChI=1S/C28H29NO/c1-9-23-11-10-16(2)26(15-23)28(30)25-13-12-24(14-17(25)3)29-27-21(7)19(5)18(4)20(6)22(27)8/h1,10-15,29H,2-8H3. The van der Waals surface area contributed by atoms with Gasteiger partial charge in [0.2, 0.25) is 0 Å². The van der Waals surface area contributed by atoms with E-state index in [1.807, 2.05) is 44.2 Å². The summed E-state index contributed by atoms with van der Waals surface area (Å²) < 4.78 is 0. The number of terminal acetylenes is 1. The van der Waals surface area contributed by atoms with E-state index in [0.29, 0.717) is 11.1 Å². The van der Waals surface area contributed by atoms with Crippen LogP contribution in [0.4, 0.5) is 11.4 Å². The maximum atomic E-state index is 13.2. The summed E-state index contributed by atoms with van der Waals surface area (Å²) in [6.45, 7) is 14.7. The van der Waals surface area contributed by atoms with Gasteiger partial charge in [0.15, 0.2) is 5.78 Å². The van der Waals surface area contributed by atoms with Crippen LogP contribution in [-0.2, 0) is 0 Å². The summed E-state index contributed by atoms with van der Waals surface area (Å²) >= 11 is 0. The Labute approximate surface area is 180 Å². The molecule has 30 heavy (non-hydrogen) atoms. The lowest BCUT2D eigenvalue weighted by Gasteiger charge is -2.20. The fourth-order valence-corrected chi connectivity index (χ4v) is 3.93. The molecule has 3 aromatic rings. The minimum atomic E-state index is 0.00281. The van der Waals surface area contributed by atoms with Gasteiger partial charge in [-0.2, -0.15) is 0 Å². The van der Waals surface area contributed by atoms with E-state index in [2.05, 4.69) is 45.9 Å². The van der Waals surface area contributed by atoms with Gasteiger partial charge in [0.25, 0.3) is 0 Å². The van der Waals surface area contributed by atoms with Crippen LogP contribution in [0.2, 0.25) is 0 Å². The van der Waals surface area contributed by atoms with Crippen LogP contribution in [0.15, 0.2) is 36.4 Å². The SMILES string of the molecule is C#Cc1ccc(C)c(C(=O)c2ccc(Nc3c(C)c(C)c(C)c(C)c3C)cc2C)c1. The fourth-order valence-electron chi connectivity index (χ4n) is 3.93. The molecule has 0 atom stereocenters. The first-order valence-corrected chi connectivity index (χ1v) is 10.2. The van der Waals surface area contributed by atoms with Crippen molar-refractivity contribution in [2.24, 2.45) is 0 Å². The van der Waals surface area contributed by atoms with E-state index in [-0.39, 0.29) is 5.78 Å². The average Bonchev–Trinajstić information content (AvgIpc) is 2.74. The van der Waals surface area contributed by atoms with Crippen LogP contribution < -0.4 is 5.32 Å². The smallest absolute Gasteiger partial charge is 0.193 e. The van der Waals surface area contributed by atoms with Crippen LogP contribution in [0, 0.1) is 60.8 Å². The zero-order valence-electron chi connectivity index (χ0n) is 18.9. The van der Waals surface area contributed by atoms with Gasteiger partial charge in [-0.25, -0.2) is 0 Å². The van der Waals surface area contributed by atoms with E-state index in [4.69, 9.17) is 6.42 Å². The molecule has 0 aliphatic rings.